The standard InChI is InChI=1S/C15H23ClN2/c1-14(2)8-5-9-15(10-14,11-17)18-13-7-4-3-6-12(13)16/h3-4,6-7,18H,5,8-11,17H2,1-2H3. The van der Waals surface area contributed by atoms with Crippen LogP contribution in [0.15, 0.2) is 24.3 Å². The van der Waals surface area contributed by atoms with E-state index in [2.05, 4.69) is 19.2 Å². The van der Waals surface area contributed by atoms with E-state index in [0.29, 0.717) is 12.0 Å². The van der Waals surface area contributed by atoms with Crippen molar-refractivity contribution in [1.29, 1.82) is 0 Å². The monoisotopic (exact) mass is 266 g/mol. The van der Waals surface area contributed by atoms with Crippen molar-refractivity contribution in [3.8, 4) is 0 Å². The number of nitrogens with one attached hydrogen (secondary N) is 1. The summed E-state index contributed by atoms with van der Waals surface area (Å²) >= 11 is 6.23. The van der Waals surface area contributed by atoms with Gasteiger partial charge in [0, 0.05) is 6.54 Å². The molecule has 3 N–H and O–H groups in total. The summed E-state index contributed by atoms with van der Waals surface area (Å²) in [5.41, 5.74) is 7.40. The molecule has 0 aliphatic heterocycles. The Balaban J connectivity index is 2.21. The van der Waals surface area contributed by atoms with Crippen LogP contribution in [0.4, 0.5) is 5.69 Å². The van der Waals surface area contributed by atoms with E-state index < -0.39 is 0 Å². The van der Waals surface area contributed by atoms with Gasteiger partial charge in [-0.3, -0.25) is 0 Å². The van der Waals surface area contributed by atoms with Gasteiger partial charge in [-0.1, -0.05) is 44.0 Å². The van der Waals surface area contributed by atoms with E-state index in [4.69, 9.17) is 17.3 Å². The molecule has 0 amide bonds. The number of hydrogen-bond acceptors (Lipinski definition) is 2. The molecule has 100 valence electrons. The molecule has 1 aliphatic rings. The number of halogens is 1. The van der Waals surface area contributed by atoms with Crippen LogP contribution in [-0.2, 0) is 0 Å². The molecule has 0 heterocycles. The van der Waals surface area contributed by atoms with Crippen molar-refractivity contribution < 1.29 is 0 Å². The summed E-state index contributed by atoms with van der Waals surface area (Å²) in [7, 11) is 0. The van der Waals surface area contributed by atoms with Gasteiger partial charge in [0.1, 0.15) is 0 Å². The van der Waals surface area contributed by atoms with Gasteiger partial charge < -0.3 is 11.1 Å². The molecule has 2 nitrogen and oxygen atoms in total. The summed E-state index contributed by atoms with van der Waals surface area (Å²) in [5.74, 6) is 0. The van der Waals surface area contributed by atoms with E-state index in [0.717, 1.165) is 23.6 Å². The summed E-state index contributed by atoms with van der Waals surface area (Å²) in [6.45, 7) is 5.30. The first kappa shape index (κ1) is 13.7. The van der Waals surface area contributed by atoms with Gasteiger partial charge in [-0.05, 0) is 36.8 Å². The molecule has 2 rings (SSSR count). The van der Waals surface area contributed by atoms with E-state index in [-0.39, 0.29) is 5.54 Å². The Morgan fingerprint density at radius 2 is 2.00 bits per heavy atom. The summed E-state index contributed by atoms with van der Waals surface area (Å²) in [6, 6.07) is 7.91. The Morgan fingerprint density at radius 3 is 2.61 bits per heavy atom. The van der Waals surface area contributed by atoms with Crippen molar-refractivity contribution in [1.82, 2.24) is 0 Å². The predicted molar refractivity (Wildman–Crippen MR) is 79.1 cm³/mol. The number of rotatable bonds is 3. The average Bonchev–Trinajstić information content (AvgIpc) is 2.31. The zero-order valence-electron chi connectivity index (χ0n) is 11.3. The molecule has 0 saturated heterocycles. The van der Waals surface area contributed by atoms with E-state index >= 15 is 0 Å². The normalized spacial score (nSPS) is 26.9. The van der Waals surface area contributed by atoms with Crippen molar-refractivity contribution in [3.63, 3.8) is 0 Å². The fraction of sp³-hybridized carbons (Fsp3) is 0.600. The van der Waals surface area contributed by atoms with Crippen LogP contribution in [0.3, 0.4) is 0 Å². The first-order chi connectivity index (χ1) is 8.46. The maximum Gasteiger partial charge on any atom is 0.0637 e. The molecule has 1 saturated carbocycles. The van der Waals surface area contributed by atoms with Crippen LogP contribution in [0, 0.1) is 5.41 Å². The molecule has 0 bridgehead atoms. The highest BCUT2D eigenvalue weighted by Crippen LogP contribution is 2.42. The molecule has 0 aromatic heterocycles. The molecular weight excluding hydrogens is 244 g/mol. The first-order valence-electron chi connectivity index (χ1n) is 6.69. The van der Waals surface area contributed by atoms with Crippen molar-refractivity contribution in [2.24, 2.45) is 11.1 Å². The van der Waals surface area contributed by atoms with E-state index in [1.165, 1.54) is 12.8 Å². The van der Waals surface area contributed by atoms with Crippen molar-refractivity contribution in [2.45, 2.75) is 45.1 Å². The van der Waals surface area contributed by atoms with E-state index in [1.807, 2.05) is 24.3 Å². The third-order valence-electron chi connectivity index (χ3n) is 3.99. The highest BCUT2D eigenvalue weighted by atomic mass is 35.5. The largest absolute Gasteiger partial charge is 0.377 e. The minimum atomic E-state index is -0.00720. The van der Waals surface area contributed by atoms with Crippen LogP contribution in [-0.4, -0.2) is 12.1 Å². The molecule has 1 atom stereocenters. The Morgan fingerprint density at radius 1 is 1.28 bits per heavy atom. The molecule has 0 radical (unpaired) electrons. The van der Waals surface area contributed by atoms with Gasteiger partial charge in [0.25, 0.3) is 0 Å². The van der Waals surface area contributed by atoms with Gasteiger partial charge >= 0.3 is 0 Å². The SMILES string of the molecule is CC1(C)CCCC(CN)(Nc2ccccc2Cl)C1. The lowest BCUT2D eigenvalue weighted by Crippen LogP contribution is -2.51. The second kappa shape index (κ2) is 5.10. The lowest BCUT2D eigenvalue weighted by Gasteiger charge is -2.45. The van der Waals surface area contributed by atoms with Crippen LogP contribution in [0.5, 0.6) is 0 Å². The molecule has 1 aromatic carbocycles. The highest BCUT2D eigenvalue weighted by Gasteiger charge is 2.39. The van der Waals surface area contributed by atoms with E-state index in [1.54, 1.807) is 0 Å². The molecule has 1 unspecified atom stereocenters. The summed E-state index contributed by atoms with van der Waals surface area (Å²) in [6.07, 6.45) is 4.72. The topological polar surface area (TPSA) is 38.0 Å². The Labute approximate surface area is 115 Å². The second-order valence-corrected chi connectivity index (χ2v) is 6.69. The number of anilines is 1. The minimum Gasteiger partial charge on any atom is -0.377 e. The van der Waals surface area contributed by atoms with Crippen LogP contribution in [0.2, 0.25) is 5.02 Å². The van der Waals surface area contributed by atoms with Crippen molar-refractivity contribution in [3.05, 3.63) is 29.3 Å². The fourth-order valence-electron chi connectivity index (χ4n) is 3.18. The quantitative estimate of drug-likeness (QED) is 0.866. The van der Waals surface area contributed by atoms with Crippen LogP contribution in [0.25, 0.3) is 0 Å². The van der Waals surface area contributed by atoms with Gasteiger partial charge in [-0.15, -0.1) is 0 Å². The van der Waals surface area contributed by atoms with Gasteiger partial charge in [-0.2, -0.15) is 0 Å². The molecular formula is C15H23ClN2. The van der Waals surface area contributed by atoms with Crippen LogP contribution >= 0.6 is 11.6 Å². The van der Waals surface area contributed by atoms with Gasteiger partial charge in [-0.25, -0.2) is 0 Å². The maximum atomic E-state index is 6.23. The first-order valence-corrected chi connectivity index (χ1v) is 7.07. The molecule has 18 heavy (non-hydrogen) atoms. The predicted octanol–water partition coefficient (Wildman–Crippen LogP) is 4.05. The number of benzene rings is 1. The van der Waals surface area contributed by atoms with Gasteiger partial charge in [0.15, 0.2) is 0 Å². The number of nitrogens with two attached hydrogens (primary N) is 1. The Bertz CT molecular complexity index is 417. The number of hydrogen-bond donors (Lipinski definition) is 2. The third kappa shape index (κ3) is 2.99. The lowest BCUT2D eigenvalue weighted by molar-refractivity contribution is 0.170. The maximum absolute atomic E-state index is 6.23. The van der Waals surface area contributed by atoms with E-state index in [9.17, 15) is 0 Å². The second-order valence-electron chi connectivity index (χ2n) is 6.28. The molecule has 1 aromatic rings. The fourth-order valence-corrected chi connectivity index (χ4v) is 3.36. The summed E-state index contributed by atoms with van der Waals surface area (Å²) in [5, 5.41) is 4.38. The van der Waals surface area contributed by atoms with Crippen molar-refractivity contribution in [2.75, 3.05) is 11.9 Å². The summed E-state index contributed by atoms with van der Waals surface area (Å²) < 4.78 is 0. The third-order valence-corrected chi connectivity index (χ3v) is 4.32. The Hall–Kier alpha value is -0.730. The highest BCUT2D eigenvalue weighted by molar-refractivity contribution is 6.33. The van der Waals surface area contributed by atoms with Gasteiger partial charge in [0.2, 0.25) is 0 Å². The van der Waals surface area contributed by atoms with Gasteiger partial charge in [0.05, 0.1) is 16.2 Å². The lowest BCUT2D eigenvalue weighted by atomic mass is 9.68. The average molecular weight is 267 g/mol. The zero-order chi connectivity index (χ0) is 13.2. The molecule has 1 fully saturated rings. The molecule has 0 spiro atoms. The Kier molecular flexibility index (Phi) is 3.88. The van der Waals surface area contributed by atoms with Crippen LogP contribution in [0.1, 0.15) is 39.5 Å². The number of para-hydroxylation sites is 1. The van der Waals surface area contributed by atoms with Crippen LogP contribution < -0.4 is 11.1 Å². The molecule has 3 heteroatoms. The summed E-state index contributed by atoms with van der Waals surface area (Å²) in [4.78, 5) is 0. The van der Waals surface area contributed by atoms with Crippen molar-refractivity contribution >= 4 is 17.3 Å². The zero-order valence-corrected chi connectivity index (χ0v) is 12.1. The molecule has 1 aliphatic carbocycles. The minimum absolute atomic E-state index is 0.00720. The smallest absolute Gasteiger partial charge is 0.0637 e.